The Kier molecular flexibility index (Phi) is 6.51. The second-order valence-corrected chi connectivity index (χ2v) is 10.0. The van der Waals surface area contributed by atoms with E-state index >= 15 is 0 Å². The van der Waals surface area contributed by atoms with Gasteiger partial charge in [-0.2, -0.15) is 0 Å². The van der Waals surface area contributed by atoms with E-state index in [2.05, 4.69) is 26.7 Å². The van der Waals surface area contributed by atoms with Crippen LogP contribution in [0.15, 0.2) is 66.7 Å². The molecule has 31 heavy (non-hydrogen) atoms. The highest BCUT2D eigenvalue weighted by atomic mass is 32.2. The van der Waals surface area contributed by atoms with Crippen LogP contribution in [0.1, 0.15) is 25.3 Å². The Morgan fingerprint density at radius 3 is 2.29 bits per heavy atom. The molecule has 0 amide bonds. The number of anilines is 2. The van der Waals surface area contributed by atoms with Gasteiger partial charge in [0.25, 0.3) is 0 Å². The number of hydrogen-bond acceptors (Lipinski definition) is 5. The third kappa shape index (κ3) is 5.82. The zero-order valence-electron chi connectivity index (χ0n) is 17.7. The fourth-order valence-corrected chi connectivity index (χ4v) is 4.82. The molecule has 0 atom stereocenters. The van der Waals surface area contributed by atoms with Gasteiger partial charge in [0.15, 0.2) is 5.82 Å². The first kappa shape index (κ1) is 21.3. The maximum Gasteiger partial charge on any atom is 0.233 e. The number of nitrogens with zero attached hydrogens (tertiary/aromatic N) is 3. The summed E-state index contributed by atoms with van der Waals surface area (Å²) in [6.45, 7) is 4.34. The molecule has 2 heterocycles. The van der Waals surface area contributed by atoms with Crippen LogP contribution in [0.4, 0.5) is 11.5 Å². The summed E-state index contributed by atoms with van der Waals surface area (Å²) >= 11 is 0. The number of aryl methyl sites for hydroxylation is 1. The third-order valence-electron chi connectivity index (χ3n) is 5.71. The zero-order chi connectivity index (χ0) is 21.7. The molecule has 0 saturated carbocycles. The molecule has 7 heteroatoms. The average molecular weight is 437 g/mol. The van der Waals surface area contributed by atoms with Gasteiger partial charge in [-0.25, -0.2) is 8.42 Å². The molecule has 1 aliphatic heterocycles. The Bertz CT molecular complexity index is 1080. The fourth-order valence-electron chi connectivity index (χ4n) is 3.72. The molecule has 1 fully saturated rings. The Morgan fingerprint density at radius 1 is 0.935 bits per heavy atom. The van der Waals surface area contributed by atoms with Gasteiger partial charge in [-0.05, 0) is 55.0 Å². The van der Waals surface area contributed by atoms with E-state index in [4.69, 9.17) is 0 Å². The lowest BCUT2D eigenvalue weighted by Crippen LogP contribution is -2.33. The maximum atomic E-state index is 12.4. The minimum absolute atomic E-state index is 0.0426. The zero-order valence-corrected chi connectivity index (χ0v) is 18.6. The van der Waals surface area contributed by atoms with E-state index in [0.717, 1.165) is 41.6 Å². The number of piperidine rings is 1. The lowest BCUT2D eigenvalue weighted by molar-refractivity contribution is 0.436. The average Bonchev–Trinajstić information content (AvgIpc) is 2.80. The van der Waals surface area contributed by atoms with Crippen molar-refractivity contribution in [2.24, 2.45) is 5.92 Å². The van der Waals surface area contributed by atoms with Crippen LogP contribution >= 0.6 is 0 Å². The van der Waals surface area contributed by atoms with Crippen LogP contribution in [-0.2, 0) is 16.4 Å². The van der Waals surface area contributed by atoms with Crippen molar-refractivity contribution < 1.29 is 8.42 Å². The summed E-state index contributed by atoms with van der Waals surface area (Å²) in [5.41, 5.74) is 3.22. The molecule has 4 rings (SSSR count). The number of aromatic nitrogens is 2. The van der Waals surface area contributed by atoms with Crippen LogP contribution in [0.25, 0.3) is 11.3 Å². The van der Waals surface area contributed by atoms with Gasteiger partial charge in [0, 0.05) is 24.3 Å². The molecule has 3 aromatic rings. The Balaban J connectivity index is 1.36. The van der Waals surface area contributed by atoms with Gasteiger partial charge in [0.2, 0.25) is 10.0 Å². The van der Waals surface area contributed by atoms with Crippen LogP contribution in [0, 0.1) is 5.92 Å². The number of rotatable bonds is 7. The van der Waals surface area contributed by atoms with Gasteiger partial charge in [0.1, 0.15) is 0 Å². The van der Waals surface area contributed by atoms with Gasteiger partial charge >= 0.3 is 0 Å². The predicted octanol–water partition coefficient (Wildman–Crippen LogP) is 4.36. The minimum Gasteiger partial charge on any atom is -0.355 e. The molecular weight excluding hydrogens is 408 g/mol. The SMILES string of the molecule is CC1CCN(c2ccc(-c3ccc(NS(=O)(=O)CCc4ccccc4)cc3)nn2)CC1. The van der Waals surface area contributed by atoms with E-state index in [1.807, 2.05) is 54.6 Å². The molecule has 1 aliphatic rings. The molecule has 0 radical (unpaired) electrons. The van der Waals surface area contributed by atoms with E-state index in [1.165, 1.54) is 12.8 Å². The summed E-state index contributed by atoms with van der Waals surface area (Å²) < 4.78 is 27.4. The second-order valence-electron chi connectivity index (χ2n) is 8.18. The highest BCUT2D eigenvalue weighted by Crippen LogP contribution is 2.24. The monoisotopic (exact) mass is 436 g/mol. The summed E-state index contributed by atoms with van der Waals surface area (Å²) in [7, 11) is -3.42. The Hall–Kier alpha value is -2.93. The van der Waals surface area contributed by atoms with E-state index in [-0.39, 0.29) is 5.75 Å². The van der Waals surface area contributed by atoms with Gasteiger partial charge in [-0.1, -0.05) is 49.4 Å². The molecule has 0 unspecified atom stereocenters. The van der Waals surface area contributed by atoms with Crippen molar-refractivity contribution in [3.8, 4) is 11.3 Å². The van der Waals surface area contributed by atoms with Crippen molar-refractivity contribution in [1.29, 1.82) is 0 Å². The second kappa shape index (κ2) is 9.47. The highest BCUT2D eigenvalue weighted by molar-refractivity contribution is 7.92. The molecule has 6 nitrogen and oxygen atoms in total. The molecule has 0 aliphatic carbocycles. The van der Waals surface area contributed by atoms with Crippen LogP contribution in [0.2, 0.25) is 0 Å². The van der Waals surface area contributed by atoms with Crippen LogP contribution in [-0.4, -0.2) is 37.5 Å². The van der Waals surface area contributed by atoms with Crippen molar-refractivity contribution in [3.63, 3.8) is 0 Å². The van der Waals surface area contributed by atoms with E-state index in [1.54, 1.807) is 12.1 Å². The van der Waals surface area contributed by atoms with Crippen molar-refractivity contribution >= 4 is 21.5 Å². The first-order valence-electron chi connectivity index (χ1n) is 10.7. The number of nitrogens with one attached hydrogen (secondary N) is 1. The molecule has 0 spiro atoms. The topological polar surface area (TPSA) is 75.2 Å². The van der Waals surface area contributed by atoms with Crippen molar-refractivity contribution in [2.75, 3.05) is 28.5 Å². The summed E-state index contributed by atoms with van der Waals surface area (Å²) in [6.07, 6.45) is 2.85. The standard InChI is InChI=1S/C24H28N4O2S/c1-19-13-16-28(17-14-19)24-12-11-23(25-26-24)21-7-9-22(10-8-21)27-31(29,30)18-15-20-5-3-2-4-6-20/h2-12,19,27H,13-18H2,1H3. The van der Waals surface area contributed by atoms with Crippen molar-refractivity contribution in [1.82, 2.24) is 10.2 Å². The summed E-state index contributed by atoms with van der Waals surface area (Å²) in [6, 6.07) is 20.8. The number of hydrogen-bond donors (Lipinski definition) is 1. The fraction of sp³-hybridized carbons (Fsp3) is 0.333. The van der Waals surface area contributed by atoms with Crippen molar-refractivity contribution in [3.05, 3.63) is 72.3 Å². The lowest BCUT2D eigenvalue weighted by atomic mass is 9.99. The van der Waals surface area contributed by atoms with Crippen LogP contribution in [0.5, 0.6) is 0 Å². The van der Waals surface area contributed by atoms with Gasteiger partial charge in [-0.15, -0.1) is 10.2 Å². The van der Waals surface area contributed by atoms with Crippen LogP contribution < -0.4 is 9.62 Å². The third-order valence-corrected chi connectivity index (χ3v) is 7.00. The molecule has 0 bridgehead atoms. The van der Waals surface area contributed by atoms with E-state index in [9.17, 15) is 8.42 Å². The van der Waals surface area contributed by atoms with Crippen LogP contribution in [0.3, 0.4) is 0 Å². The number of sulfonamides is 1. The molecule has 1 aromatic heterocycles. The maximum absolute atomic E-state index is 12.4. The van der Waals surface area contributed by atoms with Gasteiger partial charge in [0.05, 0.1) is 11.4 Å². The number of benzene rings is 2. The van der Waals surface area contributed by atoms with Crippen molar-refractivity contribution in [2.45, 2.75) is 26.2 Å². The summed E-state index contributed by atoms with van der Waals surface area (Å²) in [5.74, 6) is 1.73. The first-order valence-corrected chi connectivity index (χ1v) is 12.4. The quantitative estimate of drug-likeness (QED) is 0.595. The lowest BCUT2D eigenvalue weighted by Gasteiger charge is -2.30. The first-order chi connectivity index (χ1) is 15.0. The smallest absolute Gasteiger partial charge is 0.233 e. The Labute approximate surface area is 184 Å². The predicted molar refractivity (Wildman–Crippen MR) is 126 cm³/mol. The molecule has 1 saturated heterocycles. The highest BCUT2D eigenvalue weighted by Gasteiger charge is 2.17. The minimum atomic E-state index is -3.42. The summed E-state index contributed by atoms with van der Waals surface area (Å²) in [5, 5.41) is 8.78. The molecule has 1 N–H and O–H groups in total. The van der Waals surface area contributed by atoms with Gasteiger partial charge < -0.3 is 4.90 Å². The van der Waals surface area contributed by atoms with Gasteiger partial charge in [-0.3, -0.25) is 4.72 Å². The molecule has 162 valence electrons. The molecule has 2 aromatic carbocycles. The normalized spacial score (nSPS) is 15.1. The largest absolute Gasteiger partial charge is 0.355 e. The summed E-state index contributed by atoms with van der Waals surface area (Å²) in [4.78, 5) is 2.28. The van der Waals surface area contributed by atoms with E-state index in [0.29, 0.717) is 12.1 Å². The molecular formula is C24H28N4O2S. The van der Waals surface area contributed by atoms with E-state index < -0.39 is 10.0 Å². The Morgan fingerprint density at radius 2 is 1.65 bits per heavy atom.